The van der Waals surface area contributed by atoms with E-state index in [1.165, 1.54) is 0 Å². The molecule has 0 bridgehead atoms. The highest BCUT2D eigenvalue weighted by atomic mass is 16.6. The molecule has 0 aromatic heterocycles. The quantitative estimate of drug-likeness (QED) is 0.482. The third-order valence-corrected chi connectivity index (χ3v) is 2.55. The summed E-state index contributed by atoms with van der Waals surface area (Å²) in [7, 11) is 0. The summed E-state index contributed by atoms with van der Waals surface area (Å²) in [5, 5.41) is 3.30. The lowest BCUT2D eigenvalue weighted by Crippen LogP contribution is -2.28. The average Bonchev–Trinajstić information content (AvgIpc) is 2.23. The smallest absolute Gasteiger partial charge is 0.332 e. The third kappa shape index (κ3) is 8.68. The van der Waals surface area contributed by atoms with Crippen LogP contribution in [0.5, 0.6) is 0 Å². The number of rotatable bonds is 9. The van der Waals surface area contributed by atoms with Crippen molar-refractivity contribution in [3.05, 3.63) is 0 Å². The van der Waals surface area contributed by atoms with E-state index >= 15 is 0 Å². The van der Waals surface area contributed by atoms with Gasteiger partial charge in [-0.1, -0.05) is 20.8 Å². The highest BCUT2D eigenvalue weighted by Crippen LogP contribution is 2.06. The molecule has 1 N–H and O–H groups in total. The summed E-state index contributed by atoms with van der Waals surface area (Å²) in [6, 6.07) is 0. The normalized spacial score (nSPS) is 12.8. The number of ether oxygens (including phenoxy) is 2. The monoisotopic (exact) mass is 231 g/mol. The van der Waals surface area contributed by atoms with Gasteiger partial charge in [-0.25, -0.2) is 4.79 Å². The van der Waals surface area contributed by atoms with E-state index in [2.05, 4.69) is 26.1 Å². The highest BCUT2D eigenvalue weighted by Gasteiger charge is 2.05. The molecule has 4 nitrogen and oxygen atoms in total. The Morgan fingerprint density at radius 3 is 2.56 bits per heavy atom. The lowest BCUT2D eigenvalue weighted by atomic mass is 9.98. The first-order chi connectivity index (χ1) is 7.57. The van der Waals surface area contributed by atoms with Gasteiger partial charge in [0.25, 0.3) is 0 Å². The van der Waals surface area contributed by atoms with E-state index in [0.29, 0.717) is 25.0 Å². The van der Waals surface area contributed by atoms with Gasteiger partial charge in [0.15, 0.2) is 0 Å². The number of hydrogen-bond donors (Lipinski definition) is 1. The summed E-state index contributed by atoms with van der Waals surface area (Å²) in [5.41, 5.74) is 0. The molecule has 0 heterocycles. The second kappa shape index (κ2) is 9.60. The Balaban J connectivity index is 3.24. The summed E-state index contributed by atoms with van der Waals surface area (Å²) >= 11 is 0. The molecule has 0 aliphatic rings. The number of nitrogens with one attached hydrogen (secondary N) is 1. The summed E-state index contributed by atoms with van der Waals surface area (Å²) in [6.07, 6.45) is 0. The molecule has 0 saturated heterocycles. The van der Waals surface area contributed by atoms with Crippen LogP contribution in [0.1, 0.15) is 27.7 Å². The van der Waals surface area contributed by atoms with Gasteiger partial charge in [-0.3, -0.25) is 0 Å². The zero-order valence-electron chi connectivity index (χ0n) is 10.9. The number of esters is 1. The van der Waals surface area contributed by atoms with Crippen LogP contribution in [-0.2, 0) is 14.3 Å². The van der Waals surface area contributed by atoms with Crippen molar-refractivity contribution in [2.45, 2.75) is 27.7 Å². The van der Waals surface area contributed by atoms with Gasteiger partial charge in [0.05, 0.1) is 13.2 Å². The van der Waals surface area contributed by atoms with Gasteiger partial charge in [0, 0.05) is 6.54 Å². The predicted molar refractivity (Wildman–Crippen MR) is 64.3 cm³/mol. The van der Waals surface area contributed by atoms with E-state index < -0.39 is 0 Å². The van der Waals surface area contributed by atoms with Crippen molar-refractivity contribution in [2.24, 2.45) is 11.8 Å². The zero-order chi connectivity index (χ0) is 12.4. The Morgan fingerprint density at radius 2 is 2.00 bits per heavy atom. The fraction of sp³-hybridized carbons (Fsp3) is 0.917. The molecule has 0 saturated carbocycles. The molecule has 16 heavy (non-hydrogen) atoms. The van der Waals surface area contributed by atoms with Gasteiger partial charge in [-0.15, -0.1) is 0 Å². The Labute approximate surface area is 98.7 Å². The van der Waals surface area contributed by atoms with Crippen molar-refractivity contribution in [2.75, 3.05) is 32.9 Å². The zero-order valence-corrected chi connectivity index (χ0v) is 10.9. The molecular formula is C12H25NO3. The fourth-order valence-electron chi connectivity index (χ4n) is 1.07. The van der Waals surface area contributed by atoms with Crippen molar-refractivity contribution in [1.82, 2.24) is 5.32 Å². The van der Waals surface area contributed by atoms with Gasteiger partial charge in [0.2, 0.25) is 0 Å². The lowest BCUT2D eigenvalue weighted by molar-refractivity contribution is -0.148. The van der Waals surface area contributed by atoms with Crippen LogP contribution in [0.2, 0.25) is 0 Å². The van der Waals surface area contributed by atoms with E-state index in [1.54, 1.807) is 6.92 Å². The van der Waals surface area contributed by atoms with Crippen LogP contribution in [0.25, 0.3) is 0 Å². The summed E-state index contributed by atoms with van der Waals surface area (Å²) in [6.45, 7) is 11.2. The van der Waals surface area contributed by atoms with E-state index in [9.17, 15) is 4.79 Å². The maximum atomic E-state index is 10.9. The summed E-state index contributed by atoms with van der Waals surface area (Å²) < 4.78 is 9.89. The molecule has 0 aromatic carbocycles. The SMILES string of the molecule is CCOC(=O)COCCNCC(C)C(C)C. The number of hydrogen-bond acceptors (Lipinski definition) is 4. The lowest BCUT2D eigenvalue weighted by Gasteiger charge is -2.15. The first-order valence-electron chi connectivity index (χ1n) is 6.02. The third-order valence-electron chi connectivity index (χ3n) is 2.55. The molecule has 4 heteroatoms. The van der Waals surface area contributed by atoms with E-state index in [0.717, 1.165) is 13.1 Å². The Kier molecular flexibility index (Phi) is 9.24. The molecule has 1 atom stereocenters. The number of carbonyl (C=O) groups is 1. The molecule has 96 valence electrons. The van der Waals surface area contributed by atoms with E-state index in [4.69, 9.17) is 9.47 Å². The molecule has 0 aliphatic heterocycles. The van der Waals surface area contributed by atoms with Crippen LogP contribution in [-0.4, -0.2) is 38.9 Å². The largest absolute Gasteiger partial charge is 0.464 e. The Hall–Kier alpha value is -0.610. The molecule has 0 aromatic rings. The molecule has 0 radical (unpaired) electrons. The Morgan fingerprint density at radius 1 is 1.31 bits per heavy atom. The van der Waals surface area contributed by atoms with Gasteiger partial charge in [0.1, 0.15) is 6.61 Å². The first kappa shape index (κ1) is 15.4. The van der Waals surface area contributed by atoms with Crippen LogP contribution in [0.15, 0.2) is 0 Å². The van der Waals surface area contributed by atoms with Crippen molar-refractivity contribution in [3.8, 4) is 0 Å². The minimum Gasteiger partial charge on any atom is -0.464 e. The van der Waals surface area contributed by atoms with Crippen molar-refractivity contribution < 1.29 is 14.3 Å². The molecule has 0 amide bonds. The topological polar surface area (TPSA) is 47.6 Å². The maximum absolute atomic E-state index is 10.9. The molecule has 0 fully saturated rings. The predicted octanol–water partition coefficient (Wildman–Crippen LogP) is 1.45. The van der Waals surface area contributed by atoms with Crippen LogP contribution >= 0.6 is 0 Å². The molecule has 0 spiro atoms. The van der Waals surface area contributed by atoms with Gasteiger partial charge in [-0.05, 0) is 25.3 Å². The van der Waals surface area contributed by atoms with Crippen molar-refractivity contribution >= 4 is 5.97 Å². The van der Waals surface area contributed by atoms with Gasteiger partial charge in [-0.2, -0.15) is 0 Å². The van der Waals surface area contributed by atoms with E-state index in [1.807, 2.05) is 0 Å². The second-order valence-electron chi connectivity index (χ2n) is 4.28. The summed E-state index contributed by atoms with van der Waals surface area (Å²) in [4.78, 5) is 10.9. The molecule has 0 aliphatic carbocycles. The molecular weight excluding hydrogens is 206 g/mol. The number of carbonyl (C=O) groups excluding carboxylic acids is 1. The maximum Gasteiger partial charge on any atom is 0.332 e. The van der Waals surface area contributed by atoms with Crippen LogP contribution in [0, 0.1) is 11.8 Å². The highest BCUT2D eigenvalue weighted by molar-refractivity contribution is 5.70. The fourth-order valence-corrected chi connectivity index (χ4v) is 1.07. The van der Waals surface area contributed by atoms with Crippen LogP contribution in [0.4, 0.5) is 0 Å². The Bertz CT molecular complexity index is 183. The van der Waals surface area contributed by atoms with E-state index in [-0.39, 0.29) is 12.6 Å². The van der Waals surface area contributed by atoms with Crippen molar-refractivity contribution in [3.63, 3.8) is 0 Å². The average molecular weight is 231 g/mol. The second-order valence-corrected chi connectivity index (χ2v) is 4.28. The summed E-state index contributed by atoms with van der Waals surface area (Å²) in [5.74, 6) is 1.05. The minimum absolute atomic E-state index is 0.0508. The van der Waals surface area contributed by atoms with Crippen LogP contribution < -0.4 is 5.32 Å². The van der Waals surface area contributed by atoms with Crippen molar-refractivity contribution in [1.29, 1.82) is 0 Å². The first-order valence-corrected chi connectivity index (χ1v) is 6.02. The van der Waals surface area contributed by atoms with Gasteiger partial charge < -0.3 is 14.8 Å². The standard InChI is InChI=1S/C12H25NO3/c1-5-16-12(14)9-15-7-6-13-8-11(4)10(2)3/h10-11,13H,5-9H2,1-4H3. The molecule has 0 rings (SSSR count). The molecule has 1 unspecified atom stereocenters. The minimum atomic E-state index is -0.293. The van der Waals surface area contributed by atoms with Crippen LogP contribution in [0.3, 0.4) is 0 Å². The van der Waals surface area contributed by atoms with Gasteiger partial charge >= 0.3 is 5.97 Å².